The highest BCUT2D eigenvalue weighted by Gasteiger charge is 2.30. The molecule has 1 fully saturated rings. The first kappa shape index (κ1) is 21.6. The minimum absolute atomic E-state index is 0.00431. The van der Waals surface area contributed by atoms with Gasteiger partial charge in [-0.05, 0) is 50.1 Å². The lowest BCUT2D eigenvalue weighted by atomic mass is 10.1. The molecule has 0 bridgehead atoms. The van der Waals surface area contributed by atoms with Crippen LogP contribution in [0, 0.1) is 11.6 Å². The van der Waals surface area contributed by atoms with Crippen molar-refractivity contribution in [2.24, 2.45) is 0 Å². The topological polar surface area (TPSA) is 91.4 Å². The summed E-state index contributed by atoms with van der Waals surface area (Å²) < 4.78 is 54.6. The second-order valence-corrected chi connectivity index (χ2v) is 10.2. The molecule has 1 amide bonds. The third-order valence-corrected chi connectivity index (χ3v) is 8.11. The Kier molecular flexibility index (Phi) is 5.91. The van der Waals surface area contributed by atoms with E-state index in [1.807, 2.05) is 6.92 Å². The lowest BCUT2D eigenvalue weighted by molar-refractivity contribution is 0.0962. The largest absolute Gasteiger partial charge is 0.273 e. The molecule has 1 aliphatic rings. The van der Waals surface area contributed by atoms with Crippen molar-refractivity contribution in [1.82, 2.24) is 14.7 Å². The van der Waals surface area contributed by atoms with Gasteiger partial charge < -0.3 is 0 Å². The van der Waals surface area contributed by atoms with Crippen LogP contribution in [0.4, 0.5) is 13.9 Å². The molecule has 2 aromatic carbocycles. The van der Waals surface area contributed by atoms with Gasteiger partial charge in [-0.1, -0.05) is 17.8 Å². The van der Waals surface area contributed by atoms with Crippen LogP contribution >= 0.6 is 11.3 Å². The molecule has 11 heteroatoms. The maximum atomic E-state index is 13.8. The predicted molar refractivity (Wildman–Crippen MR) is 114 cm³/mol. The molecule has 3 aromatic rings. The highest BCUT2D eigenvalue weighted by molar-refractivity contribution is 7.89. The highest BCUT2D eigenvalue weighted by Crippen LogP contribution is 2.28. The number of anilines is 1. The fourth-order valence-corrected chi connectivity index (χ4v) is 6.09. The van der Waals surface area contributed by atoms with Crippen molar-refractivity contribution in [2.75, 3.05) is 12.0 Å². The molecule has 0 aliphatic carbocycles. The van der Waals surface area contributed by atoms with E-state index in [0.717, 1.165) is 42.7 Å². The molecule has 1 aliphatic heterocycles. The normalized spacial score (nSPS) is 17.6. The first-order chi connectivity index (χ1) is 14.8. The van der Waals surface area contributed by atoms with Gasteiger partial charge in [0.25, 0.3) is 5.91 Å². The SMILES string of the molecule is CC1CCCCN1S(=O)(=O)c1ccc(C(=O)NNc2nc3c(F)cc(F)cc3s2)cc1. The molecule has 2 heterocycles. The summed E-state index contributed by atoms with van der Waals surface area (Å²) in [7, 11) is -3.62. The number of sulfonamides is 1. The minimum Gasteiger partial charge on any atom is -0.273 e. The number of hydrogen-bond donors (Lipinski definition) is 2. The van der Waals surface area contributed by atoms with Crippen molar-refractivity contribution in [2.45, 2.75) is 37.1 Å². The standard InChI is InChI=1S/C20H20F2N4O3S2/c1-12-4-2-3-9-26(12)31(28,29)15-7-5-13(6-8-15)19(27)24-25-20-23-18-16(22)10-14(21)11-17(18)30-20/h5-8,10-12H,2-4,9H2,1H3,(H,23,25)(H,24,27). The third-order valence-electron chi connectivity index (χ3n) is 5.16. The Morgan fingerprint density at radius 3 is 2.65 bits per heavy atom. The predicted octanol–water partition coefficient (Wildman–Crippen LogP) is 3.89. The van der Waals surface area contributed by atoms with Gasteiger partial charge in [-0.15, -0.1) is 0 Å². The molecule has 0 saturated carbocycles. The number of carbonyl (C=O) groups excluding carboxylic acids is 1. The van der Waals surface area contributed by atoms with E-state index >= 15 is 0 Å². The summed E-state index contributed by atoms with van der Waals surface area (Å²) in [5.41, 5.74) is 5.23. The van der Waals surface area contributed by atoms with Gasteiger partial charge in [0.2, 0.25) is 15.2 Å². The maximum Gasteiger partial charge on any atom is 0.269 e. The van der Waals surface area contributed by atoms with Crippen molar-refractivity contribution < 1.29 is 22.0 Å². The summed E-state index contributed by atoms with van der Waals surface area (Å²) in [5, 5.41) is 0.186. The van der Waals surface area contributed by atoms with Gasteiger partial charge in [-0.3, -0.25) is 15.6 Å². The smallest absolute Gasteiger partial charge is 0.269 e. The number of rotatable bonds is 5. The van der Waals surface area contributed by atoms with Gasteiger partial charge in [-0.2, -0.15) is 4.31 Å². The number of nitrogens with one attached hydrogen (secondary N) is 2. The molecule has 1 aromatic heterocycles. The summed E-state index contributed by atoms with van der Waals surface area (Å²) in [6.45, 7) is 2.38. The maximum absolute atomic E-state index is 13.8. The Balaban J connectivity index is 1.44. The lowest BCUT2D eigenvalue weighted by Crippen LogP contribution is -2.41. The van der Waals surface area contributed by atoms with Crippen LogP contribution in [-0.2, 0) is 10.0 Å². The van der Waals surface area contributed by atoms with E-state index in [4.69, 9.17) is 0 Å². The first-order valence-electron chi connectivity index (χ1n) is 9.69. The number of benzene rings is 2. The van der Waals surface area contributed by atoms with E-state index in [-0.39, 0.29) is 27.1 Å². The Hall–Kier alpha value is -2.63. The van der Waals surface area contributed by atoms with E-state index in [9.17, 15) is 22.0 Å². The number of amides is 1. The number of piperidine rings is 1. The summed E-state index contributed by atoms with van der Waals surface area (Å²) in [6, 6.07) is 7.49. The average Bonchev–Trinajstić information content (AvgIpc) is 3.15. The third kappa shape index (κ3) is 4.39. The molecule has 1 saturated heterocycles. The Morgan fingerprint density at radius 2 is 1.94 bits per heavy atom. The van der Waals surface area contributed by atoms with Gasteiger partial charge in [-0.25, -0.2) is 22.2 Å². The van der Waals surface area contributed by atoms with Gasteiger partial charge >= 0.3 is 0 Å². The van der Waals surface area contributed by atoms with Crippen LogP contribution in [0.1, 0.15) is 36.5 Å². The number of carbonyl (C=O) groups is 1. The molecule has 164 valence electrons. The van der Waals surface area contributed by atoms with Crippen molar-refractivity contribution in [3.05, 3.63) is 53.6 Å². The number of fused-ring (bicyclic) bond motifs is 1. The van der Waals surface area contributed by atoms with Crippen LogP contribution in [-0.4, -0.2) is 36.2 Å². The minimum atomic E-state index is -3.62. The quantitative estimate of drug-likeness (QED) is 0.557. The summed E-state index contributed by atoms with van der Waals surface area (Å²) >= 11 is 0.983. The zero-order valence-electron chi connectivity index (χ0n) is 16.6. The number of halogens is 2. The summed E-state index contributed by atoms with van der Waals surface area (Å²) in [4.78, 5) is 16.5. The van der Waals surface area contributed by atoms with E-state index in [1.165, 1.54) is 28.6 Å². The monoisotopic (exact) mass is 466 g/mol. The summed E-state index contributed by atoms with van der Waals surface area (Å²) in [5.74, 6) is -2.02. The Bertz CT molecular complexity index is 1230. The fourth-order valence-electron chi connectivity index (χ4n) is 3.54. The fraction of sp³-hybridized carbons (Fsp3) is 0.300. The summed E-state index contributed by atoms with van der Waals surface area (Å²) in [6.07, 6.45) is 2.67. The Labute approximate surface area is 182 Å². The lowest BCUT2D eigenvalue weighted by Gasteiger charge is -2.32. The van der Waals surface area contributed by atoms with Crippen LogP contribution in [0.2, 0.25) is 0 Å². The van der Waals surface area contributed by atoms with Gasteiger partial charge in [0, 0.05) is 24.2 Å². The molecule has 0 radical (unpaired) electrons. The zero-order valence-corrected chi connectivity index (χ0v) is 18.2. The Morgan fingerprint density at radius 1 is 1.19 bits per heavy atom. The van der Waals surface area contributed by atoms with E-state index in [1.54, 1.807) is 0 Å². The van der Waals surface area contributed by atoms with Crippen molar-refractivity contribution >= 4 is 42.6 Å². The highest BCUT2D eigenvalue weighted by atomic mass is 32.2. The van der Waals surface area contributed by atoms with Crippen molar-refractivity contribution in [3.63, 3.8) is 0 Å². The van der Waals surface area contributed by atoms with Crippen molar-refractivity contribution in [1.29, 1.82) is 0 Å². The van der Waals surface area contributed by atoms with Crippen LogP contribution in [0.3, 0.4) is 0 Å². The van der Waals surface area contributed by atoms with Gasteiger partial charge in [0.15, 0.2) is 5.82 Å². The van der Waals surface area contributed by atoms with Gasteiger partial charge in [0.1, 0.15) is 11.3 Å². The average molecular weight is 467 g/mol. The van der Waals surface area contributed by atoms with Gasteiger partial charge in [0.05, 0.1) is 9.60 Å². The number of hydrogen-bond acceptors (Lipinski definition) is 6. The molecule has 7 nitrogen and oxygen atoms in total. The van der Waals surface area contributed by atoms with Crippen LogP contribution in [0.15, 0.2) is 41.3 Å². The van der Waals surface area contributed by atoms with Crippen LogP contribution in [0.25, 0.3) is 10.2 Å². The molecule has 0 spiro atoms. The molecule has 1 unspecified atom stereocenters. The van der Waals surface area contributed by atoms with E-state index in [2.05, 4.69) is 15.8 Å². The molecule has 4 rings (SSSR count). The molecule has 2 N–H and O–H groups in total. The molecular formula is C20H20F2N4O3S2. The second kappa shape index (κ2) is 8.48. The van der Waals surface area contributed by atoms with Crippen LogP contribution < -0.4 is 10.9 Å². The van der Waals surface area contributed by atoms with E-state index < -0.39 is 27.6 Å². The second-order valence-electron chi connectivity index (χ2n) is 7.32. The molecule has 31 heavy (non-hydrogen) atoms. The van der Waals surface area contributed by atoms with Crippen molar-refractivity contribution in [3.8, 4) is 0 Å². The molecule has 1 atom stereocenters. The zero-order chi connectivity index (χ0) is 22.2. The number of hydrazine groups is 1. The first-order valence-corrected chi connectivity index (χ1v) is 12.0. The van der Waals surface area contributed by atoms with E-state index in [0.29, 0.717) is 11.2 Å². The van der Waals surface area contributed by atoms with Crippen LogP contribution in [0.5, 0.6) is 0 Å². The number of thiazole rings is 1. The number of aromatic nitrogens is 1. The molecular weight excluding hydrogens is 446 g/mol. The number of nitrogens with zero attached hydrogens (tertiary/aromatic N) is 2.